The van der Waals surface area contributed by atoms with Crippen LogP contribution in [0, 0.1) is 0 Å². The summed E-state index contributed by atoms with van der Waals surface area (Å²) in [6.07, 6.45) is 5.85. The molecule has 2 N–H and O–H groups in total. The Labute approximate surface area is 152 Å². The largest absolute Gasteiger partial charge is 0.382 e. The van der Waals surface area contributed by atoms with E-state index in [0.29, 0.717) is 24.5 Å². The lowest BCUT2D eigenvalue weighted by Crippen LogP contribution is -2.37. The summed E-state index contributed by atoms with van der Waals surface area (Å²) in [6.45, 7) is 0.475. The van der Waals surface area contributed by atoms with Crippen molar-refractivity contribution in [2.75, 3.05) is 18.5 Å². The average Bonchev–Trinajstić information content (AvgIpc) is 2.96. The Balaban J connectivity index is 1.73. The van der Waals surface area contributed by atoms with Crippen molar-refractivity contribution in [3.8, 4) is 0 Å². The molecule has 2 aliphatic rings. The molecule has 138 valence electrons. The first-order valence-electron chi connectivity index (χ1n) is 8.65. The molecule has 1 aliphatic heterocycles. The molecule has 0 radical (unpaired) electrons. The molecule has 1 aliphatic carbocycles. The number of hydrogen-bond acceptors (Lipinski definition) is 6. The van der Waals surface area contributed by atoms with E-state index in [2.05, 4.69) is 10.1 Å². The van der Waals surface area contributed by atoms with E-state index in [1.54, 1.807) is 6.20 Å². The van der Waals surface area contributed by atoms with Crippen molar-refractivity contribution in [2.45, 2.75) is 38.1 Å². The zero-order valence-electron chi connectivity index (χ0n) is 14.6. The van der Waals surface area contributed by atoms with E-state index in [1.807, 2.05) is 12.1 Å². The predicted octanol–water partition coefficient (Wildman–Crippen LogP) is 0.938. The number of pyridine rings is 1. The number of rotatable bonds is 2. The number of hydrogen-bond donors (Lipinski definition) is 1. The number of aryl methyl sites for hydroxylation is 1. The second-order valence-electron chi connectivity index (χ2n) is 6.89. The third-order valence-corrected chi connectivity index (χ3v) is 6.49. The third-order valence-electron chi connectivity index (χ3n) is 5.24. The van der Waals surface area contributed by atoms with Crippen molar-refractivity contribution >= 4 is 21.7 Å². The highest BCUT2D eigenvalue weighted by Gasteiger charge is 2.34. The monoisotopic (exact) mass is 375 g/mol. The van der Waals surface area contributed by atoms with E-state index in [-0.39, 0.29) is 18.4 Å². The highest BCUT2D eigenvalue weighted by Crippen LogP contribution is 2.33. The molecule has 2 aromatic heterocycles. The van der Waals surface area contributed by atoms with E-state index < -0.39 is 10.0 Å². The maximum Gasteiger partial charge on any atom is 0.254 e. The molecule has 0 amide bonds. The Bertz CT molecular complexity index is 982. The van der Waals surface area contributed by atoms with Crippen LogP contribution in [0.4, 0.5) is 5.82 Å². The van der Waals surface area contributed by atoms with Gasteiger partial charge in [-0.05, 0) is 37.3 Å². The van der Waals surface area contributed by atoms with Gasteiger partial charge < -0.3 is 5.73 Å². The summed E-state index contributed by atoms with van der Waals surface area (Å²) in [5.74, 6) is -0.185. The zero-order valence-corrected chi connectivity index (χ0v) is 15.4. The van der Waals surface area contributed by atoms with E-state index in [4.69, 9.17) is 5.73 Å². The molecule has 0 saturated carbocycles. The summed E-state index contributed by atoms with van der Waals surface area (Å²) in [6, 6.07) is 3.77. The number of aromatic nitrogens is 3. The van der Waals surface area contributed by atoms with Gasteiger partial charge in [0.25, 0.3) is 5.91 Å². The molecule has 8 nitrogen and oxygen atoms in total. The summed E-state index contributed by atoms with van der Waals surface area (Å²) < 4.78 is 26.5. The molecule has 0 bridgehead atoms. The van der Waals surface area contributed by atoms with Gasteiger partial charge in [0.2, 0.25) is 10.0 Å². The second-order valence-corrected chi connectivity index (χ2v) is 8.87. The van der Waals surface area contributed by atoms with Crippen molar-refractivity contribution in [3.05, 3.63) is 40.8 Å². The van der Waals surface area contributed by atoms with Crippen LogP contribution in [0.2, 0.25) is 0 Å². The third kappa shape index (κ3) is 2.80. The van der Waals surface area contributed by atoms with Gasteiger partial charge in [-0.1, -0.05) is 6.07 Å². The van der Waals surface area contributed by atoms with Crippen LogP contribution in [0.3, 0.4) is 0 Å². The minimum atomic E-state index is -3.35. The van der Waals surface area contributed by atoms with Crippen LogP contribution >= 0.6 is 0 Å². The molecule has 9 heteroatoms. The lowest BCUT2D eigenvalue weighted by Gasteiger charge is -2.27. The molecule has 1 atom stereocenters. The van der Waals surface area contributed by atoms with Crippen molar-refractivity contribution in [1.82, 2.24) is 19.1 Å². The first-order valence-corrected chi connectivity index (χ1v) is 10.5. The number of nitrogens with zero attached hydrogens (tertiary/aromatic N) is 4. The summed E-state index contributed by atoms with van der Waals surface area (Å²) in [7, 11) is -3.35. The number of carbonyl (C=O) groups is 1. The Kier molecular flexibility index (Phi) is 4.07. The van der Waals surface area contributed by atoms with Crippen LogP contribution in [-0.4, -0.2) is 46.2 Å². The molecular formula is C17H21N5O3S. The quantitative estimate of drug-likeness (QED) is 0.836. The van der Waals surface area contributed by atoms with Crippen LogP contribution in [0.5, 0.6) is 0 Å². The van der Waals surface area contributed by atoms with Gasteiger partial charge in [0.1, 0.15) is 5.82 Å². The molecule has 1 unspecified atom stereocenters. The molecule has 26 heavy (non-hydrogen) atoms. The lowest BCUT2D eigenvalue weighted by atomic mass is 9.85. The molecule has 4 rings (SSSR count). The Morgan fingerprint density at radius 1 is 1.35 bits per heavy atom. The minimum Gasteiger partial charge on any atom is -0.382 e. The number of carbonyl (C=O) groups excluding carboxylic acids is 1. The molecule has 0 spiro atoms. The Morgan fingerprint density at radius 3 is 2.92 bits per heavy atom. The summed E-state index contributed by atoms with van der Waals surface area (Å²) in [5, 5.41) is 4.26. The van der Waals surface area contributed by atoms with Gasteiger partial charge in [0.15, 0.2) is 0 Å². The first kappa shape index (κ1) is 17.2. The second kappa shape index (κ2) is 6.17. The standard InChI is InChI=1S/C17H21N5O3S/c1-26(24,25)21-9-7-13-15(10-21)22(20-16(13)18)17(23)12-4-2-6-14-11(12)5-3-8-19-14/h3,5,8,12H,2,4,6-7,9-10H2,1H3,(H2,18,20). The van der Waals surface area contributed by atoms with E-state index in [0.717, 1.165) is 36.1 Å². The maximum atomic E-state index is 13.3. The molecular weight excluding hydrogens is 354 g/mol. The van der Waals surface area contributed by atoms with Crippen LogP contribution in [0.15, 0.2) is 18.3 Å². The molecule has 0 fully saturated rings. The highest BCUT2D eigenvalue weighted by atomic mass is 32.2. The van der Waals surface area contributed by atoms with Crippen molar-refractivity contribution in [1.29, 1.82) is 0 Å². The molecule has 0 aromatic carbocycles. The summed E-state index contributed by atoms with van der Waals surface area (Å²) >= 11 is 0. The normalized spacial score (nSPS) is 20.4. The van der Waals surface area contributed by atoms with Gasteiger partial charge in [-0.3, -0.25) is 9.78 Å². The van der Waals surface area contributed by atoms with E-state index in [1.165, 1.54) is 15.2 Å². The lowest BCUT2D eigenvalue weighted by molar-refractivity contribution is 0.0844. The highest BCUT2D eigenvalue weighted by molar-refractivity contribution is 7.88. The van der Waals surface area contributed by atoms with Crippen molar-refractivity contribution in [2.24, 2.45) is 0 Å². The van der Waals surface area contributed by atoms with Crippen molar-refractivity contribution in [3.63, 3.8) is 0 Å². The smallest absolute Gasteiger partial charge is 0.254 e. The first-order chi connectivity index (χ1) is 12.4. The zero-order chi connectivity index (χ0) is 18.5. The van der Waals surface area contributed by atoms with Crippen LogP contribution in [-0.2, 0) is 29.4 Å². The molecule has 2 aromatic rings. The fourth-order valence-corrected chi connectivity index (χ4v) is 4.68. The Morgan fingerprint density at radius 2 is 2.15 bits per heavy atom. The summed E-state index contributed by atoms with van der Waals surface area (Å²) in [5.41, 5.74) is 9.26. The summed E-state index contributed by atoms with van der Waals surface area (Å²) in [4.78, 5) is 17.6. The van der Waals surface area contributed by atoms with Gasteiger partial charge in [0.05, 0.1) is 24.4 Å². The van der Waals surface area contributed by atoms with E-state index >= 15 is 0 Å². The number of nitrogens with two attached hydrogens (primary N) is 1. The van der Waals surface area contributed by atoms with Gasteiger partial charge in [-0.25, -0.2) is 13.1 Å². The van der Waals surface area contributed by atoms with Gasteiger partial charge in [-0.2, -0.15) is 4.31 Å². The molecule has 0 saturated heterocycles. The van der Waals surface area contributed by atoms with Crippen molar-refractivity contribution < 1.29 is 13.2 Å². The predicted molar refractivity (Wildman–Crippen MR) is 96.1 cm³/mol. The molecule has 3 heterocycles. The van der Waals surface area contributed by atoms with Gasteiger partial charge in [0, 0.05) is 24.0 Å². The van der Waals surface area contributed by atoms with E-state index in [9.17, 15) is 13.2 Å². The fraction of sp³-hybridized carbons (Fsp3) is 0.471. The Hall–Kier alpha value is -2.26. The topological polar surface area (TPSA) is 111 Å². The van der Waals surface area contributed by atoms with Gasteiger partial charge >= 0.3 is 0 Å². The van der Waals surface area contributed by atoms with Crippen LogP contribution < -0.4 is 5.73 Å². The fourth-order valence-electron chi connectivity index (χ4n) is 3.90. The van der Waals surface area contributed by atoms with Crippen LogP contribution in [0.1, 0.15) is 46.1 Å². The number of nitrogen functional groups attached to an aromatic ring is 1. The van der Waals surface area contributed by atoms with Gasteiger partial charge in [-0.15, -0.1) is 5.10 Å². The van der Waals surface area contributed by atoms with Crippen LogP contribution in [0.25, 0.3) is 0 Å². The average molecular weight is 375 g/mol. The number of sulfonamides is 1. The maximum absolute atomic E-state index is 13.3. The number of anilines is 1. The minimum absolute atomic E-state index is 0.122. The number of fused-ring (bicyclic) bond motifs is 2. The SMILES string of the molecule is CS(=O)(=O)N1CCc2c(N)nn(C(=O)C3CCCc4ncccc43)c2C1.